The SMILES string of the molecule is CCOc1cc(OCc2cccc(-c3cccc4c3CCC4)c2C)c(Cl)cc1CNCCS(=O)(=O)O. The van der Waals surface area contributed by atoms with E-state index in [0.717, 1.165) is 24.0 Å². The lowest BCUT2D eigenvalue weighted by atomic mass is 9.92. The summed E-state index contributed by atoms with van der Waals surface area (Å²) in [6.07, 6.45) is 3.48. The number of aryl methyl sites for hydroxylation is 1. The van der Waals surface area contributed by atoms with Gasteiger partial charge in [-0.05, 0) is 72.6 Å². The fourth-order valence-electron chi connectivity index (χ4n) is 4.70. The zero-order chi connectivity index (χ0) is 25.7. The summed E-state index contributed by atoms with van der Waals surface area (Å²) in [5.41, 5.74) is 8.53. The maximum atomic E-state index is 10.9. The molecule has 0 radical (unpaired) electrons. The molecule has 4 rings (SSSR count). The average molecular weight is 530 g/mol. The predicted molar refractivity (Wildman–Crippen MR) is 144 cm³/mol. The zero-order valence-electron chi connectivity index (χ0n) is 20.6. The molecule has 6 nitrogen and oxygen atoms in total. The third-order valence-corrected chi connectivity index (χ3v) is 7.55. The van der Waals surface area contributed by atoms with Crippen molar-refractivity contribution in [1.29, 1.82) is 0 Å². The second-order valence-electron chi connectivity index (χ2n) is 8.96. The van der Waals surface area contributed by atoms with Gasteiger partial charge in [-0.15, -0.1) is 0 Å². The van der Waals surface area contributed by atoms with E-state index in [4.69, 9.17) is 25.6 Å². The van der Waals surface area contributed by atoms with Crippen LogP contribution < -0.4 is 14.8 Å². The van der Waals surface area contributed by atoms with Crippen LogP contribution in [0.5, 0.6) is 11.5 Å². The highest BCUT2D eigenvalue weighted by atomic mass is 35.5. The Hall–Kier alpha value is -2.58. The van der Waals surface area contributed by atoms with Crippen molar-refractivity contribution in [2.75, 3.05) is 18.9 Å². The monoisotopic (exact) mass is 529 g/mol. The molecule has 3 aromatic carbocycles. The maximum absolute atomic E-state index is 10.9. The molecule has 0 unspecified atom stereocenters. The van der Waals surface area contributed by atoms with Gasteiger partial charge in [0.25, 0.3) is 10.1 Å². The first-order chi connectivity index (χ1) is 17.3. The van der Waals surface area contributed by atoms with Crippen LogP contribution in [-0.4, -0.2) is 31.9 Å². The van der Waals surface area contributed by atoms with Gasteiger partial charge in [0.15, 0.2) is 0 Å². The number of halogens is 1. The third-order valence-electron chi connectivity index (χ3n) is 6.53. The number of hydrogen-bond acceptors (Lipinski definition) is 5. The quantitative estimate of drug-likeness (QED) is 0.243. The van der Waals surface area contributed by atoms with E-state index in [1.165, 1.54) is 34.2 Å². The van der Waals surface area contributed by atoms with Gasteiger partial charge in [-0.3, -0.25) is 4.55 Å². The van der Waals surface area contributed by atoms with Gasteiger partial charge in [0.1, 0.15) is 18.1 Å². The van der Waals surface area contributed by atoms with Crippen LogP contribution in [-0.2, 0) is 36.1 Å². The maximum Gasteiger partial charge on any atom is 0.266 e. The molecule has 1 aliphatic carbocycles. The summed E-state index contributed by atoms with van der Waals surface area (Å²) in [6, 6.07) is 16.5. The Morgan fingerprint density at radius 2 is 1.78 bits per heavy atom. The number of benzene rings is 3. The molecule has 36 heavy (non-hydrogen) atoms. The smallest absolute Gasteiger partial charge is 0.266 e. The molecule has 0 saturated heterocycles. The highest BCUT2D eigenvalue weighted by Gasteiger charge is 2.18. The Bertz CT molecular complexity index is 1340. The Balaban J connectivity index is 1.51. The molecule has 0 aromatic heterocycles. The fraction of sp³-hybridized carbons (Fsp3) is 0.357. The molecule has 192 valence electrons. The minimum Gasteiger partial charge on any atom is -0.493 e. The molecule has 8 heteroatoms. The number of fused-ring (bicyclic) bond motifs is 1. The first kappa shape index (κ1) is 26.5. The minimum absolute atomic E-state index is 0.112. The Labute approximate surface area is 218 Å². The van der Waals surface area contributed by atoms with Crippen molar-refractivity contribution in [2.24, 2.45) is 0 Å². The van der Waals surface area contributed by atoms with E-state index in [9.17, 15) is 8.42 Å². The van der Waals surface area contributed by atoms with Crippen molar-refractivity contribution < 1.29 is 22.4 Å². The van der Waals surface area contributed by atoms with Gasteiger partial charge in [-0.2, -0.15) is 8.42 Å². The van der Waals surface area contributed by atoms with Crippen LogP contribution in [0.3, 0.4) is 0 Å². The summed E-state index contributed by atoms with van der Waals surface area (Å²) in [7, 11) is -4.01. The van der Waals surface area contributed by atoms with Gasteiger partial charge in [0.2, 0.25) is 0 Å². The van der Waals surface area contributed by atoms with Crippen molar-refractivity contribution in [3.05, 3.63) is 81.4 Å². The lowest BCUT2D eigenvalue weighted by molar-refractivity contribution is 0.298. The second kappa shape index (κ2) is 11.6. The zero-order valence-corrected chi connectivity index (χ0v) is 22.2. The largest absolute Gasteiger partial charge is 0.493 e. The number of hydrogen-bond donors (Lipinski definition) is 2. The first-order valence-electron chi connectivity index (χ1n) is 12.2. The molecule has 0 amide bonds. The molecule has 0 heterocycles. The summed E-state index contributed by atoms with van der Waals surface area (Å²) in [5, 5.41) is 3.43. The van der Waals surface area contributed by atoms with E-state index < -0.39 is 10.1 Å². The summed E-state index contributed by atoms with van der Waals surface area (Å²) in [4.78, 5) is 0. The average Bonchev–Trinajstić information content (AvgIpc) is 3.32. The van der Waals surface area contributed by atoms with E-state index in [1.54, 1.807) is 12.1 Å². The minimum atomic E-state index is -4.01. The van der Waals surface area contributed by atoms with Gasteiger partial charge in [0.05, 0.1) is 17.4 Å². The summed E-state index contributed by atoms with van der Waals surface area (Å²) >= 11 is 6.54. The van der Waals surface area contributed by atoms with Crippen molar-refractivity contribution in [2.45, 2.75) is 46.3 Å². The Kier molecular flexibility index (Phi) is 8.57. The number of rotatable bonds is 11. The van der Waals surface area contributed by atoms with Crippen LogP contribution in [0, 0.1) is 6.92 Å². The molecule has 0 fully saturated rings. The molecule has 0 spiro atoms. The molecular weight excluding hydrogens is 498 g/mol. The highest BCUT2D eigenvalue weighted by Crippen LogP contribution is 2.36. The van der Waals surface area contributed by atoms with E-state index in [-0.39, 0.29) is 12.3 Å². The predicted octanol–water partition coefficient (Wildman–Crippen LogP) is 5.76. The van der Waals surface area contributed by atoms with Gasteiger partial charge >= 0.3 is 0 Å². The van der Waals surface area contributed by atoms with E-state index in [1.807, 2.05) is 6.92 Å². The van der Waals surface area contributed by atoms with Crippen LogP contribution in [0.4, 0.5) is 0 Å². The first-order valence-corrected chi connectivity index (χ1v) is 14.2. The van der Waals surface area contributed by atoms with Crippen LogP contribution >= 0.6 is 11.6 Å². The topological polar surface area (TPSA) is 84.9 Å². The molecule has 1 aliphatic rings. The van der Waals surface area contributed by atoms with Gasteiger partial charge in [-0.25, -0.2) is 0 Å². The van der Waals surface area contributed by atoms with Crippen molar-refractivity contribution in [3.63, 3.8) is 0 Å². The Morgan fingerprint density at radius 3 is 2.56 bits per heavy atom. The van der Waals surface area contributed by atoms with Crippen LogP contribution in [0.2, 0.25) is 5.02 Å². The van der Waals surface area contributed by atoms with Crippen LogP contribution in [0.1, 0.15) is 41.2 Å². The van der Waals surface area contributed by atoms with Gasteiger partial charge < -0.3 is 14.8 Å². The molecule has 0 aliphatic heterocycles. The molecule has 0 saturated carbocycles. The van der Waals surface area contributed by atoms with Crippen molar-refractivity contribution >= 4 is 21.7 Å². The molecule has 0 atom stereocenters. The van der Waals surface area contributed by atoms with Crippen molar-refractivity contribution in [1.82, 2.24) is 5.32 Å². The highest BCUT2D eigenvalue weighted by molar-refractivity contribution is 7.85. The second-order valence-corrected chi connectivity index (χ2v) is 10.9. The summed E-state index contributed by atoms with van der Waals surface area (Å²) < 4.78 is 42.7. The lowest BCUT2D eigenvalue weighted by Gasteiger charge is -2.17. The third kappa shape index (κ3) is 6.40. The molecule has 3 aromatic rings. The summed E-state index contributed by atoms with van der Waals surface area (Å²) in [5.74, 6) is 0.768. The van der Waals surface area contributed by atoms with Gasteiger partial charge in [0, 0.05) is 24.7 Å². The van der Waals surface area contributed by atoms with Crippen LogP contribution in [0.15, 0.2) is 48.5 Å². The number of ether oxygens (including phenoxy) is 2. The molecule has 2 N–H and O–H groups in total. The molecule has 0 bridgehead atoms. The van der Waals surface area contributed by atoms with E-state index in [0.29, 0.717) is 36.3 Å². The Morgan fingerprint density at radius 1 is 1.00 bits per heavy atom. The van der Waals surface area contributed by atoms with Crippen LogP contribution in [0.25, 0.3) is 11.1 Å². The van der Waals surface area contributed by atoms with E-state index in [2.05, 4.69) is 48.6 Å². The van der Waals surface area contributed by atoms with E-state index >= 15 is 0 Å². The van der Waals surface area contributed by atoms with Crippen molar-refractivity contribution in [3.8, 4) is 22.6 Å². The summed E-state index contributed by atoms with van der Waals surface area (Å²) in [6.45, 7) is 5.30. The standard InChI is InChI=1S/C28H32ClNO5S/c1-3-34-27-16-28(26(29)15-22(27)17-30-13-14-36(31,32)33)35-18-21-9-6-10-23(19(21)2)25-12-5-8-20-7-4-11-24(20)25/h5-6,8-10,12,15-16,30H,3-4,7,11,13-14,17-18H2,1-2H3,(H,31,32,33). The normalized spacial score (nSPS) is 13.0. The van der Waals surface area contributed by atoms with Gasteiger partial charge in [-0.1, -0.05) is 48.0 Å². The fourth-order valence-corrected chi connectivity index (χ4v) is 5.34. The molecular formula is C28H32ClNO5S. The lowest BCUT2D eigenvalue weighted by Crippen LogP contribution is -2.22. The number of nitrogens with one attached hydrogen (secondary N) is 1.